The highest BCUT2D eigenvalue weighted by Crippen LogP contribution is 2.04. The minimum absolute atomic E-state index is 0. The van der Waals surface area contributed by atoms with E-state index in [0.717, 1.165) is 32.8 Å². The van der Waals surface area contributed by atoms with Gasteiger partial charge in [-0.05, 0) is 12.5 Å². The molecular weight excluding hydrogens is 257 g/mol. The summed E-state index contributed by atoms with van der Waals surface area (Å²) >= 11 is 5.79. The molecule has 0 bridgehead atoms. The molecule has 1 rings (SSSR count). The van der Waals surface area contributed by atoms with Crippen molar-refractivity contribution < 1.29 is 4.74 Å². The van der Waals surface area contributed by atoms with Gasteiger partial charge in [-0.2, -0.15) is 0 Å². The van der Waals surface area contributed by atoms with Gasteiger partial charge in [0.15, 0.2) is 0 Å². The van der Waals surface area contributed by atoms with Gasteiger partial charge in [-0.15, -0.1) is 24.0 Å². The molecule has 0 atom stereocenters. The molecule has 0 fully saturated rings. The van der Waals surface area contributed by atoms with E-state index in [0.29, 0.717) is 5.88 Å². The summed E-state index contributed by atoms with van der Waals surface area (Å²) in [5.41, 5.74) is 1.32. The Balaban J connectivity index is 0.00000256. The maximum atomic E-state index is 5.79. The standard InChI is InChI=1S/C13H20ClNO.ClH/c1-2-16-11-10-15(9-8-14)12-13-6-4-3-5-7-13;/h3-7H,2,8-12H2,1H3;1H. The van der Waals surface area contributed by atoms with Gasteiger partial charge in [0.2, 0.25) is 0 Å². The molecule has 0 heterocycles. The summed E-state index contributed by atoms with van der Waals surface area (Å²) < 4.78 is 5.36. The zero-order chi connectivity index (χ0) is 11.6. The lowest BCUT2D eigenvalue weighted by Crippen LogP contribution is -2.29. The van der Waals surface area contributed by atoms with Gasteiger partial charge in [-0.3, -0.25) is 4.90 Å². The summed E-state index contributed by atoms with van der Waals surface area (Å²) in [5, 5.41) is 0. The highest BCUT2D eigenvalue weighted by atomic mass is 35.5. The molecule has 0 unspecified atom stereocenters. The van der Waals surface area contributed by atoms with E-state index < -0.39 is 0 Å². The van der Waals surface area contributed by atoms with Crippen LogP contribution in [0.15, 0.2) is 30.3 Å². The lowest BCUT2D eigenvalue weighted by atomic mass is 10.2. The van der Waals surface area contributed by atoms with Crippen molar-refractivity contribution in [3.8, 4) is 0 Å². The first-order chi connectivity index (χ1) is 7.86. The van der Waals surface area contributed by atoms with E-state index in [4.69, 9.17) is 16.3 Å². The van der Waals surface area contributed by atoms with Crippen molar-refractivity contribution >= 4 is 24.0 Å². The Morgan fingerprint density at radius 2 is 1.88 bits per heavy atom. The average molecular weight is 278 g/mol. The number of alkyl halides is 1. The molecule has 1 aromatic carbocycles. The van der Waals surface area contributed by atoms with Gasteiger partial charge in [0.05, 0.1) is 6.61 Å². The average Bonchev–Trinajstić information content (AvgIpc) is 2.31. The molecule has 98 valence electrons. The zero-order valence-electron chi connectivity index (χ0n) is 10.3. The van der Waals surface area contributed by atoms with Crippen molar-refractivity contribution in [2.24, 2.45) is 0 Å². The molecule has 0 amide bonds. The van der Waals surface area contributed by atoms with Gasteiger partial charge in [0, 0.05) is 32.1 Å². The quantitative estimate of drug-likeness (QED) is 0.535. The van der Waals surface area contributed by atoms with Crippen LogP contribution in [0.25, 0.3) is 0 Å². The van der Waals surface area contributed by atoms with Crippen molar-refractivity contribution in [2.75, 3.05) is 32.2 Å². The van der Waals surface area contributed by atoms with E-state index in [9.17, 15) is 0 Å². The summed E-state index contributed by atoms with van der Waals surface area (Å²) in [5.74, 6) is 0.666. The molecule has 1 aromatic rings. The second kappa shape index (κ2) is 10.8. The van der Waals surface area contributed by atoms with Crippen LogP contribution in [0, 0.1) is 0 Å². The Labute approximate surface area is 115 Å². The third-order valence-corrected chi connectivity index (χ3v) is 2.57. The largest absolute Gasteiger partial charge is 0.380 e. The summed E-state index contributed by atoms with van der Waals surface area (Å²) in [7, 11) is 0. The van der Waals surface area contributed by atoms with Crippen LogP contribution in [-0.4, -0.2) is 37.1 Å². The first kappa shape index (κ1) is 16.7. The third-order valence-electron chi connectivity index (χ3n) is 2.41. The number of nitrogens with zero attached hydrogens (tertiary/aromatic N) is 1. The number of benzene rings is 1. The molecule has 0 spiro atoms. The van der Waals surface area contributed by atoms with E-state index in [2.05, 4.69) is 29.2 Å². The van der Waals surface area contributed by atoms with Crippen molar-refractivity contribution in [2.45, 2.75) is 13.5 Å². The van der Waals surface area contributed by atoms with Gasteiger partial charge in [-0.1, -0.05) is 30.3 Å². The Morgan fingerprint density at radius 1 is 1.18 bits per heavy atom. The fourth-order valence-electron chi connectivity index (χ4n) is 1.57. The van der Waals surface area contributed by atoms with Gasteiger partial charge in [-0.25, -0.2) is 0 Å². The fraction of sp³-hybridized carbons (Fsp3) is 0.538. The minimum atomic E-state index is 0. The molecule has 4 heteroatoms. The summed E-state index contributed by atoms with van der Waals surface area (Å²) in [4.78, 5) is 2.32. The zero-order valence-corrected chi connectivity index (χ0v) is 11.8. The summed E-state index contributed by atoms with van der Waals surface area (Å²) in [6.07, 6.45) is 0. The SMILES string of the molecule is CCOCCN(CCCl)Cc1ccccc1.Cl. The van der Waals surface area contributed by atoms with Crippen LogP contribution in [0.4, 0.5) is 0 Å². The highest BCUT2D eigenvalue weighted by Gasteiger charge is 2.04. The van der Waals surface area contributed by atoms with E-state index >= 15 is 0 Å². The maximum Gasteiger partial charge on any atom is 0.0593 e. The van der Waals surface area contributed by atoms with Crippen molar-refractivity contribution in [3.05, 3.63) is 35.9 Å². The minimum Gasteiger partial charge on any atom is -0.380 e. The number of rotatable bonds is 8. The van der Waals surface area contributed by atoms with Crippen LogP contribution in [0.2, 0.25) is 0 Å². The summed E-state index contributed by atoms with van der Waals surface area (Å²) in [6.45, 7) is 6.36. The van der Waals surface area contributed by atoms with Crippen LogP contribution < -0.4 is 0 Å². The predicted octanol–water partition coefficient (Wildman–Crippen LogP) is 3.19. The normalized spacial score (nSPS) is 10.3. The molecule has 0 saturated carbocycles. The van der Waals surface area contributed by atoms with Gasteiger partial charge in [0.1, 0.15) is 0 Å². The number of hydrogen-bond donors (Lipinski definition) is 0. The second-order valence-corrected chi connectivity index (χ2v) is 4.03. The van der Waals surface area contributed by atoms with Crippen LogP contribution in [0.1, 0.15) is 12.5 Å². The fourth-order valence-corrected chi connectivity index (χ4v) is 1.81. The molecule has 0 aliphatic heterocycles. The smallest absolute Gasteiger partial charge is 0.0593 e. The third kappa shape index (κ3) is 7.61. The maximum absolute atomic E-state index is 5.79. The molecule has 0 aliphatic carbocycles. The van der Waals surface area contributed by atoms with Gasteiger partial charge < -0.3 is 4.74 Å². The van der Waals surface area contributed by atoms with E-state index in [1.165, 1.54) is 5.56 Å². The van der Waals surface area contributed by atoms with Crippen LogP contribution in [0.3, 0.4) is 0 Å². The summed E-state index contributed by atoms with van der Waals surface area (Å²) in [6, 6.07) is 10.5. The number of hydrogen-bond acceptors (Lipinski definition) is 2. The Morgan fingerprint density at radius 3 is 2.47 bits per heavy atom. The van der Waals surface area contributed by atoms with Crippen molar-refractivity contribution in [1.29, 1.82) is 0 Å². The first-order valence-electron chi connectivity index (χ1n) is 5.76. The monoisotopic (exact) mass is 277 g/mol. The first-order valence-corrected chi connectivity index (χ1v) is 6.30. The van der Waals surface area contributed by atoms with Gasteiger partial charge >= 0.3 is 0 Å². The van der Waals surface area contributed by atoms with Crippen molar-refractivity contribution in [1.82, 2.24) is 4.90 Å². The van der Waals surface area contributed by atoms with Crippen molar-refractivity contribution in [3.63, 3.8) is 0 Å². The lowest BCUT2D eigenvalue weighted by Gasteiger charge is -2.21. The second-order valence-electron chi connectivity index (χ2n) is 3.65. The molecular formula is C13H21Cl2NO. The number of ether oxygens (including phenoxy) is 1. The molecule has 0 aromatic heterocycles. The number of halogens is 2. The highest BCUT2D eigenvalue weighted by molar-refractivity contribution is 6.18. The molecule has 0 radical (unpaired) electrons. The Bertz CT molecular complexity index is 269. The van der Waals surface area contributed by atoms with E-state index in [1.807, 2.05) is 13.0 Å². The van der Waals surface area contributed by atoms with Crippen LogP contribution in [0.5, 0.6) is 0 Å². The molecule has 2 nitrogen and oxygen atoms in total. The molecule has 0 saturated heterocycles. The molecule has 17 heavy (non-hydrogen) atoms. The van der Waals surface area contributed by atoms with Crippen LogP contribution in [-0.2, 0) is 11.3 Å². The van der Waals surface area contributed by atoms with E-state index in [-0.39, 0.29) is 12.4 Å². The molecule has 0 N–H and O–H groups in total. The topological polar surface area (TPSA) is 12.5 Å². The Hall–Kier alpha value is -0.280. The molecule has 0 aliphatic rings. The lowest BCUT2D eigenvalue weighted by molar-refractivity contribution is 0.113. The van der Waals surface area contributed by atoms with Gasteiger partial charge in [0.25, 0.3) is 0 Å². The Kier molecular flexibility index (Phi) is 10.7. The predicted molar refractivity (Wildman–Crippen MR) is 76.2 cm³/mol. The van der Waals surface area contributed by atoms with E-state index in [1.54, 1.807) is 0 Å². The van der Waals surface area contributed by atoms with Crippen LogP contribution >= 0.6 is 24.0 Å².